The number of ketones is 1. The van der Waals surface area contributed by atoms with E-state index in [0.717, 1.165) is 24.3 Å². The van der Waals surface area contributed by atoms with Crippen molar-refractivity contribution in [1.82, 2.24) is 19.7 Å². The second kappa shape index (κ2) is 9.68. The van der Waals surface area contributed by atoms with Gasteiger partial charge < -0.3 is 10.0 Å². The van der Waals surface area contributed by atoms with Gasteiger partial charge in [0.05, 0.1) is 40.5 Å². The van der Waals surface area contributed by atoms with Gasteiger partial charge in [-0.3, -0.25) is 9.78 Å². The summed E-state index contributed by atoms with van der Waals surface area (Å²) in [5.74, 6) is -0.413. The molecule has 0 spiro atoms. The van der Waals surface area contributed by atoms with E-state index in [2.05, 4.69) is 21.1 Å². The van der Waals surface area contributed by atoms with Gasteiger partial charge in [-0.25, -0.2) is 9.07 Å². The monoisotopic (exact) mass is 475 g/mol. The molecule has 35 heavy (non-hydrogen) atoms. The van der Waals surface area contributed by atoms with Gasteiger partial charge in [0.25, 0.3) is 0 Å². The largest absolute Gasteiger partial charge is 0.389 e. The molecule has 8 heteroatoms. The number of rotatable bonds is 7. The second-order valence-corrected chi connectivity index (χ2v) is 9.97. The number of piperidine rings is 1. The Morgan fingerprint density at radius 3 is 2.43 bits per heavy atom. The molecule has 7 nitrogen and oxygen atoms in total. The zero-order valence-corrected chi connectivity index (χ0v) is 20.3. The van der Waals surface area contributed by atoms with Crippen molar-refractivity contribution in [2.45, 2.75) is 51.0 Å². The number of Topliss-reactive ketones (excluding diaryl/α,β-unsaturated/α-hetero) is 1. The van der Waals surface area contributed by atoms with Crippen LogP contribution in [0.5, 0.6) is 0 Å². The lowest BCUT2D eigenvalue weighted by atomic mass is 9.76. The highest BCUT2D eigenvalue weighted by Gasteiger charge is 2.38. The van der Waals surface area contributed by atoms with E-state index in [9.17, 15) is 19.6 Å². The standard InChI is InChI=1S/C27H30FN5O2/c1-19-23(16-31-33(19)22-7-5-21(28)6-8-22)24(34)14-20-4-9-25(30-15-20)27(17-29)10-12-32(13-11-27)18-26(2,3)35/h4-9,15-16,35H,10-14,18H2,1-3H3. The molecule has 0 radical (unpaired) electrons. The molecule has 0 bridgehead atoms. The first-order valence-corrected chi connectivity index (χ1v) is 11.8. The lowest BCUT2D eigenvalue weighted by Gasteiger charge is -2.39. The van der Waals surface area contributed by atoms with Gasteiger partial charge in [-0.1, -0.05) is 6.07 Å². The van der Waals surface area contributed by atoms with Crippen molar-refractivity contribution >= 4 is 5.78 Å². The quantitative estimate of drug-likeness (QED) is 0.523. The Labute approximate surface area is 204 Å². The smallest absolute Gasteiger partial charge is 0.170 e. The number of hydrogen-bond acceptors (Lipinski definition) is 6. The fourth-order valence-electron chi connectivity index (χ4n) is 4.68. The zero-order valence-electron chi connectivity index (χ0n) is 20.3. The van der Waals surface area contributed by atoms with Gasteiger partial charge in [-0.2, -0.15) is 10.4 Å². The first kappa shape index (κ1) is 24.7. The fraction of sp³-hybridized carbons (Fsp3) is 0.407. The molecule has 4 rings (SSSR count). The summed E-state index contributed by atoms with van der Waals surface area (Å²) in [7, 11) is 0. The number of aliphatic hydroxyl groups is 1. The topological polar surface area (TPSA) is 95.0 Å². The molecule has 1 saturated heterocycles. The minimum atomic E-state index is -0.771. The predicted octanol–water partition coefficient (Wildman–Crippen LogP) is 3.77. The molecule has 0 saturated carbocycles. The van der Waals surface area contributed by atoms with Gasteiger partial charge in [0.15, 0.2) is 5.78 Å². The summed E-state index contributed by atoms with van der Waals surface area (Å²) in [4.78, 5) is 19.7. The number of benzene rings is 1. The van der Waals surface area contributed by atoms with E-state index in [4.69, 9.17) is 0 Å². The maximum atomic E-state index is 13.2. The minimum Gasteiger partial charge on any atom is -0.389 e. The number of aromatic nitrogens is 3. The third-order valence-corrected chi connectivity index (χ3v) is 6.60. The number of β-amino-alcohol motifs (C(OH)–C–C–N with tert-alkyl or cyclic N) is 1. The Hall–Kier alpha value is -3.41. The average molecular weight is 476 g/mol. The van der Waals surface area contributed by atoms with Gasteiger partial charge in [0.1, 0.15) is 11.2 Å². The molecule has 1 N–H and O–H groups in total. The molecular weight excluding hydrogens is 445 g/mol. The maximum absolute atomic E-state index is 13.2. The van der Waals surface area contributed by atoms with Crippen LogP contribution in [0.3, 0.4) is 0 Å². The van der Waals surface area contributed by atoms with Gasteiger partial charge in [-0.05, 0) is 69.5 Å². The van der Waals surface area contributed by atoms with Crippen molar-refractivity contribution in [3.63, 3.8) is 0 Å². The van der Waals surface area contributed by atoms with Crippen LogP contribution in [-0.2, 0) is 11.8 Å². The lowest BCUT2D eigenvalue weighted by Crippen LogP contribution is -2.47. The Morgan fingerprint density at radius 1 is 1.17 bits per heavy atom. The molecule has 0 unspecified atom stereocenters. The summed E-state index contributed by atoms with van der Waals surface area (Å²) in [5.41, 5.74) is 1.93. The Bertz CT molecular complexity index is 1230. The van der Waals surface area contributed by atoms with Crippen LogP contribution in [0.25, 0.3) is 5.69 Å². The summed E-state index contributed by atoms with van der Waals surface area (Å²) >= 11 is 0. The summed E-state index contributed by atoms with van der Waals surface area (Å²) in [5, 5.41) is 24.4. The summed E-state index contributed by atoms with van der Waals surface area (Å²) in [6.07, 6.45) is 4.67. The first-order chi connectivity index (χ1) is 16.6. The van der Waals surface area contributed by atoms with E-state index < -0.39 is 11.0 Å². The van der Waals surface area contributed by atoms with E-state index in [1.807, 2.05) is 19.1 Å². The van der Waals surface area contributed by atoms with Crippen molar-refractivity contribution in [1.29, 1.82) is 5.26 Å². The third kappa shape index (κ3) is 5.47. The van der Waals surface area contributed by atoms with Crippen LogP contribution >= 0.6 is 0 Å². The number of pyridine rings is 1. The second-order valence-electron chi connectivity index (χ2n) is 9.97. The number of nitrogens with zero attached hydrogens (tertiary/aromatic N) is 5. The Morgan fingerprint density at radius 2 is 1.86 bits per heavy atom. The predicted molar refractivity (Wildman–Crippen MR) is 130 cm³/mol. The van der Waals surface area contributed by atoms with Crippen LogP contribution in [0.2, 0.25) is 0 Å². The van der Waals surface area contributed by atoms with Gasteiger partial charge >= 0.3 is 0 Å². The lowest BCUT2D eigenvalue weighted by molar-refractivity contribution is 0.0244. The van der Waals surface area contributed by atoms with E-state index in [-0.39, 0.29) is 18.0 Å². The normalized spacial score (nSPS) is 16.1. The number of hydrogen-bond donors (Lipinski definition) is 1. The molecule has 1 aromatic carbocycles. The van der Waals surface area contributed by atoms with Gasteiger partial charge in [0, 0.05) is 32.3 Å². The van der Waals surface area contributed by atoms with E-state index >= 15 is 0 Å². The third-order valence-electron chi connectivity index (χ3n) is 6.60. The average Bonchev–Trinajstić information content (AvgIpc) is 3.21. The van der Waals surface area contributed by atoms with Crippen LogP contribution < -0.4 is 0 Å². The van der Waals surface area contributed by atoms with Crippen molar-refractivity contribution in [2.24, 2.45) is 0 Å². The highest BCUT2D eigenvalue weighted by atomic mass is 19.1. The summed E-state index contributed by atoms with van der Waals surface area (Å²) in [6, 6.07) is 12.1. The Balaban J connectivity index is 1.44. The fourth-order valence-corrected chi connectivity index (χ4v) is 4.68. The molecule has 1 aliphatic heterocycles. The highest BCUT2D eigenvalue weighted by molar-refractivity contribution is 5.98. The molecule has 3 heterocycles. The molecule has 182 valence electrons. The number of likely N-dealkylation sites (tertiary alicyclic amines) is 1. The minimum absolute atomic E-state index is 0.0830. The molecule has 3 aromatic rings. The van der Waals surface area contributed by atoms with Crippen LogP contribution in [0.1, 0.15) is 54.0 Å². The van der Waals surface area contributed by atoms with Crippen LogP contribution in [-0.4, -0.2) is 55.8 Å². The Kier molecular flexibility index (Phi) is 6.84. The molecule has 0 atom stereocenters. The molecule has 2 aromatic heterocycles. The molecule has 0 aliphatic carbocycles. The number of carbonyl (C=O) groups excluding carboxylic acids is 1. The summed E-state index contributed by atoms with van der Waals surface area (Å²) < 4.78 is 14.9. The van der Waals surface area contributed by atoms with Crippen molar-refractivity contribution in [2.75, 3.05) is 19.6 Å². The zero-order chi connectivity index (χ0) is 25.2. The number of carbonyl (C=O) groups is 1. The molecular formula is C27H30FN5O2. The van der Waals surface area contributed by atoms with E-state index in [0.29, 0.717) is 36.3 Å². The van der Waals surface area contributed by atoms with E-state index in [1.54, 1.807) is 36.9 Å². The van der Waals surface area contributed by atoms with Crippen LogP contribution in [0, 0.1) is 24.1 Å². The first-order valence-electron chi connectivity index (χ1n) is 11.8. The maximum Gasteiger partial charge on any atom is 0.170 e. The summed E-state index contributed by atoms with van der Waals surface area (Å²) in [6.45, 7) is 7.39. The van der Waals surface area contributed by atoms with Crippen molar-refractivity contribution in [3.8, 4) is 11.8 Å². The number of halogens is 1. The van der Waals surface area contributed by atoms with Gasteiger partial charge in [-0.15, -0.1) is 0 Å². The van der Waals surface area contributed by atoms with Crippen LogP contribution in [0.15, 0.2) is 48.8 Å². The number of nitriles is 1. The molecule has 1 aliphatic rings. The van der Waals surface area contributed by atoms with Crippen molar-refractivity contribution < 1.29 is 14.3 Å². The van der Waals surface area contributed by atoms with Gasteiger partial charge in [0.2, 0.25) is 0 Å². The molecule has 1 fully saturated rings. The highest BCUT2D eigenvalue weighted by Crippen LogP contribution is 2.34. The van der Waals surface area contributed by atoms with Crippen molar-refractivity contribution in [3.05, 3.63) is 77.1 Å². The van der Waals surface area contributed by atoms with E-state index in [1.165, 1.54) is 18.3 Å². The SMILES string of the molecule is Cc1c(C(=O)Cc2ccc(C3(C#N)CCN(CC(C)(C)O)CC3)nc2)cnn1-c1ccc(F)cc1. The van der Waals surface area contributed by atoms with Crippen LogP contribution in [0.4, 0.5) is 4.39 Å². The molecule has 0 amide bonds.